The first-order valence-electron chi connectivity index (χ1n) is 6.30. The molecule has 3 rings (SSSR count). The van der Waals surface area contributed by atoms with Crippen molar-refractivity contribution in [2.24, 2.45) is 0 Å². The molecule has 0 saturated heterocycles. The normalized spacial score (nSPS) is 10.8. The Kier molecular flexibility index (Phi) is 3.58. The summed E-state index contributed by atoms with van der Waals surface area (Å²) in [5.74, 6) is -0.653. The van der Waals surface area contributed by atoms with Gasteiger partial charge in [0, 0.05) is 11.8 Å². The lowest BCUT2D eigenvalue weighted by Gasteiger charge is -2.02. The Hall–Kier alpha value is -2.40. The molecule has 1 N–H and O–H groups in total. The van der Waals surface area contributed by atoms with Crippen LogP contribution >= 0.6 is 11.6 Å². The summed E-state index contributed by atoms with van der Waals surface area (Å²) in [6, 6.07) is 10.8. The zero-order valence-electron chi connectivity index (χ0n) is 10.9. The van der Waals surface area contributed by atoms with Crippen LogP contribution in [0.5, 0.6) is 0 Å². The van der Waals surface area contributed by atoms with Gasteiger partial charge in [-0.05, 0) is 36.4 Å². The standard InChI is InChI=1S/C15H11ClFN3O/c16-13-2-1-3-14-19-12(9-20(13)14)8-18-15(21)10-4-6-11(17)7-5-10/h1-7,9H,8H2,(H,18,21). The quantitative estimate of drug-likeness (QED) is 0.756. The third-order valence-corrected chi connectivity index (χ3v) is 3.34. The predicted molar refractivity (Wildman–Crippen MR) is 77.8 cm³/mol. The van der Waals surface area contributed by atoms with Crippen molar-refractivity contribution in [1.82, 2.24) is 14.7 Å². The summed E-state index contributed by atoms with van der Waals surface area (Å²) in [5, 5.41) is 3.29. The highest BCUT2D eigenvalue weighted by molar-refractivity contribution is 6.29. The van der Waals surface area contributed by atoms with Crippen molar-refractivity contribution in [3.8, 4) is 0 Å². The third-order valence-electron chi connectivity index (χ3n) is 3.03. The van der Waals surface area contributed by atoms with Crippen molar-refractivity contribution in [2.45, 2.75) is 6.54 Å². The second kappa shape index (κ2) is 5.54. The lowest BCUT2D eigenvalue weighted by Crippen LogP contribution is -2.22. The van der Waals surface area contributed by atoms with Gasteiger partial charge in [0.15, 0.2) is 0 Å². The van der Waals surface area contributed by atoms with Gasteiger partial charge in [-0.25, -0.2) is 9.37 Å². The Morgan fingerprint density at radius 3 is 2.71 bits per heavy atom. The van der Waals surface area contributed by atoms with Gasteiger partial charge in [0.05, 0.1) is 12.2 Å². The number of carbonyl (C=O) groups excluding carboxylic acids is 1. The van der Waals surface area contributed by atoms with Crippen LogP contribution in [-0.4, -0.2) is 15.3 Å². The summed E-state index contributed by atoms with van der Waals surface area (Å²) in [5.41, 5.74) is 1.81. The number of pyridine rings is 1. The Morgan fingerprint density at radius 2 is 2.00 bits per heavy atom. The Labute approximate surface area is 125 Å². The van der Waals surface area contributed by atoms with Crippen molar-refractivity contribution < 1.29 is 9.18 Å². The van der Waals surface area contributed by atoms with Gasteiger partial charge in [0.1, 0.15) is 16.6 Å². The molecule has 2 aromatic heterocycles. The van der Waals surface area contributed by atoms with Crippen LogP contribution in [0, 0.1) is 5.82 Å². The maximum Gasteiger partial charge on any atom is 0.251 e. The van der Waals surface area contributed by atoms with Crippen LogP contribution in [0.3, 0.4) is 0 Å². The fourth-order valence-electron chi connectivity index (χ4n) is 1.99. The maximum atomic E-state index is 12.8. The zero-order valence-corrected chi connectivity index (χ0v) is 11.6. The molecule has 6 heteroatoms. The van der Waals surface area contributed by atoms with Crippen LogP contribution in [0.15, 0.2) is 48.7 Å². The van der Waals surface area contributed by atoms with Crippen LogP contribution in [0.4, 0.5) is 4.39 Å². The number of benzene rings is 1. The molecule has 1 amide bonds. The van der Waals surface area contributed by atoms with Gasteiger partial charge >= 0.3 is 0 Å². The number of nitrogens with zero attached hydrogens (tertiary/aromatic N) is 2. The molecular formula is C15H11ClFN3O. The molecule has 0 aliphatic heterocycles. The van der Waals surface area contributed by atoms with Gasteiger partial charge in [0.25, 0.3) is 5.91 Å². The van der Waals surface area contributed by atoms with Crippen LogP contribution in [0.1, 0.15) is 16.1 Å². The summed E-state index contributed by atoms with van der Waals surface area (Å²) in [6.07, 6.45) is 1.77. The van der Waals surface area contributed by atoms with Gasteiger partial charge < -0.3 is 5.32 Å². The molecule has 0 aliphatic carbocycles. The molecule has 4 nitrogen and oxygen atoms in total. The lowest BCUT2D eigenvalue weighted by atomic mass is 10.2. The van der Waals surface area contributed by atoms with E-state index in [0.29, 0.717) is 22.1 Å². The number of amides is 1. The molecule has 0 spiro atoms. The van der Waals surface area contributed by atoms with Crippen molar-refractivity contribution in [3.63, 3.8) is 0 Å². The monoisotopic (exact) mass is 303 g/mol. The molecular weight excluding hydrogens is 293 g/mol. The Bertz CT molecular complexity index is 798. The van der Waals surface area contributed by atoms with E-state index in [9.17, 15) is 9.18 Å². The molecule has 0 aliphatic rings. The zero-order chi connectivity index (χ0) is 14.8. The van der Waals surface area contributed by atoms with Gasteiger partial charge in [-0.1, -0.05) is 17.7 Å². The highest BCUT2D eigenvalue weighted by atomic mass is 35.5. The van der Waals surface area contributed by atoms with Crippen LogP contribution < -0.4 is 5.32 Å². The molecule has 3 aromatic rings. The van der Waals surface area contributed by atoms with E-state index >= 15 is 0 Å². The van der Waals surface area contributed by atoms with E-state index < -0.39 is 0 Å². The minimum absolute atomic E-state index is 0.272. The number of imidazole rings is 1. The minimum atomic E-state index is -0.374. The number of hydrogen-bond acceptors (Lipinski definition) is 2. The number of nitrogens with one attached hydrogen (secondary N) is 1. The molecule has 0 atom stereocenters. The molecule has 2 heterocycles. The summed E-state index contributed by atoms with van der Waals surface area (Å²) >= 11 is 6.04. The second-order valence-electron chi connectivity index (χ2n) is 4.50. The van der Waals surface area contributed by atoms with Gasteiger partial charge in [0.2, 0.25) is 0 Å². The van der Waals surface area contributed by atoms with Gasteiger partial charge in [-0.2, -0.15) is 0 Å². The summed E-state index contributed by atoms with van der Waals surface area (Å²) in [6.45, 7) is 0.272. The molecule has 106 valence electrons. The highest BCUT2D eigenvalue weighted by Gasteiger charge is 2.08. The number of halogens is 2. The highest BCUT2D eigenvalue weighted by Crippen LogP contribution is 2.13. The third kappa shape index (κ3) is 2.87. The van der Waals surface area contributed by atoms with Crippen molar-refractivity contribution in [3.05, 3.63) is 70.9 Å². The average molecular weight is 304 g/mol. The molecule has 21 heavy (non-hydrogen) atoms. The van der Waals surface area contributed by atoms with Crippen LogP contribution in [-0.2, 0) is 6.54 Å². The fourth-order valence-corrected chi connectivity index (χ4v) is 2.20. The van der Waals surface area contributed by atoms with E-state index in [1.54, 1.807) is 16.7 Å². The first-order chi connectivity index (χ1) is 10.1. The number of carbonyl (C=O) groups is 1. The maximum absolute atomic E-state index is 12.8. The average Bonchev–Trinajstić information content (AvgIpc) is 2.90. The Balaban J connectivity index is 1.72. The number of hydrogen-bond donors (Lipinski definition) is 1. The summed E-state index contributed by atoms with van der Waals surface area (Å²) < 4.78 is 14.5. The van der Waals surface area contributed by atoms with E-state index in [1.807, 2.05) is 12.1 Å². The van der Waals surface area contributed by atoms with Crippen LogP contribution in [0.25, 0.3) is 5.65 Å². The summed E-state index contributed by atoms with van der Waals surface area (Å²) in [7, 11) is 0. The number of aromatic nitrogens is 2. The van der Waals surface area contributed by atoms with E-state index in [4.69, 9.17) is 11.6 Å². The van der Waals surface area contributed by atoms with E-state index in [-0.39, 0.29) is 18.3 Å². The minimum Gasteiger partial charge on any atom is -0.346 e. The number of fused-ring (bicyclic) bond motifs is 1. The molecule has 1 aromatic carbocycles. The lowest BCUT2D eigenvalue weighted by molar-refractivity contribution is 0.0950. The topological polar surface area (TPSA) is 46.4 Å². The van der Waals surface area contributed by atoms with Crippen molar-refractivity contribution >= 4 is 23.2 Å². The van der Waals surface area contributed by atoms with Gasteiger partial charge in [-0.15, -0.1) is 0 Å². The van der Waals surface area contributed by atoms with Crippen molar-refractivity contribution in [2.75, 3.05) is 0 Å². The molecule has 0 radical (unpaired) electrons. The smallest absolute Gasteiger partial charge is 0.251 e. The Morgan fingerprint density at radius 1 is 1.24 bits per heavy atom. The predicted octanol–water partition coefficient (Wildman–Crippen LogP) is 3.06. The first kappa shape index (κ1) is 13.6. The molecule has 0 saturated carbocycles. The largest absolute Gasteiger partial charge is 0.346 e. The second-order valence-corrected chi connectivity index (χ2v) is 4.89. The molecule has 0 unspecified atom stereocenters. The van der Waals surface area contributed by atoms with Crippen molar-refractivity contribution in [1.29, 1.82) is 0 Å². The fraction of sp³-hybridized carbons (Fsp3) is 0.0667. The number of rotatable bonds is 3. The first-order valence-corrected chi connectivity index (χ1v) is 6.67. The van der Waals surface area contributed by atoms with E-state index in [2.05, 4.69) is 10.3 Å². The van der Waals surface area contributed by atoms with E-state index in [0.717, 1.165) is 0 Å². The SMILES string of the molecule is O=C(NCc1cn2c(Cl)cccc2n1)c1ccc(F)cc1. The molecule has 0 fully saturated rings. The van der Waals surface area contributed by atoms with E-state index in [1.165, 1.54) is 24.3 Å². The molecule has 0 bridgehead atoms. The van der Waals surface area contributed by atoms with Gasteiger partial charge in [-0.3, -0.25) is 9.20 Å². The van der Waals surface area contributed by atoms with Crippen LogP contribution in [0.2, 0.25) is 5.15 Å². The summed E-state index contributed by atoms with van der Waals surface area (Å²) in [4.78, 5) is 16.3.